The summed E-state index contributed by atoms with van der Waals surface area (Å²) in [5.41, 5.74) is 0. The fourth-order valence-electron chi connectivity index (χ4n) is 0.111. The van der Waals surface area contributed by atoms with E-state index in [0.29, 0.717) is 0 Å². The second kappa shape index (κ2) is 9.45. The maximum atomic E-state index is 4.93. The van der Waals surface area contributed by atoms with E-state index in [-0.39, 0.29) is 51.4 Å². The molecule has 0 N–H and O–H groups in total. The van der Waals surface area contributed by atoms with E-state index in [9.17, 15) is 0 Å². The topological polar surface area (TPSA) is 0 Å². The average molecular weight is 106 g/mol. The van der Waals surface area contributed by atoms with Crippen LogP contribution in [-0.2, 0) is 0 Å². The zero-order chi connectivity index (χ0) is 4.12. The van der Waals surface area contributed by atoms with Gasteiger partial charge in [-0.3, -0.25) is 6.58 Å². The van der Waals surface area contributed by atoms with Crippen molar-refractivity contribution in [1.82, 2.24) is 0 Å². The summed E-state index contributed by atoms with van der Waals surface area (Å²) in [4.78, 5) is 0. The van der Waals surface area contributed by atoms with E-state index in [1.165, 1.54) is 6.08 Å². The van der Waals surface area contributed by atoms with Gasteiger partial charge in [-0.1, -0.05) is 6.92 Å². The summed E-state index contributed by atoms with van der Waals surface area (Å²) in [6.07, 6.45) is 5.15. The Morgan fingerprint density at radius 3 is 2.00 bits per heavy atom. The van der Waals surface area contributed by atoms with E-state index in [2.05, 4.69) is 0 Å². The van der Waals surface area contributed by atoms with Gasteiger partial charge in [-0.25, -0.2) is 12.2 Å². The Morgan fingerprint density at radius 1 is 1.50 bits per heavy atom. The van der Waals surface area contributed by atoms with Crippen LogP contribution in [0.15, 0.2) is 18.2 Å². The van der Waals surface area contributed by atoms with Crippen molar-refractivity contribution in [3.63, 3.8) is 0 Å². The van der Waals surface area contributed by atoms with Crippen LogP contribution in [0.2, 0.25) is 0 Å². The second-order valence-corrected chi connectivity index (χ2v) is 0.718. The number of hydrogen-bond donors (Lipinski definition) is 0. The summed E-state index contributed by atoms with van der Waals surface area (Å²) >= 11 is 0. The van der Waals surface area contributed by atoms with Gasteiger partial charge in [0.05, 0.1) is 0 Å². The molecule has 0 aliphatic heterocycles. The van der Waals surface area contributed by atoms with Crippen LogP contribution in [0.5, 0.6) is 0 Å². The Balaban J connectivity index is 0. The maximum Gasteiger partial charge on any atom is 1.00 e. The van der Waals surface area contributed by atoms with Gasteiger partial charge in [0.2, 0.25) is 0 Å². The number of allylic oxidation sites excluding steroid dienone is 3. The maximum absolute atomic E-state index is 4.93. The van der Waals surface area contributed by atoms with Crippen LogP contribution in [0.3, 0.4) is 0 Å². The molecule has 6 heavy (non-hydrogen) atoms. The molecule has 0 aliphatic rings. The monoisotopic (exact) mass is 106 g/mol. The van der Waals surface area contributed by atoms with Gasteiger partial charge in [0.15, 0.2) is 0 Å². The largest absolute Gasteiger partial charge is 1.00 e. The summed E-state index contributed by atoms with van der Waals surface area (Å²) in [5.74, 6) is 0. The van der Waals surface area contributed by atoms with E-state index in [0.717, 1.165) is 0 Å². The van der Waals surface area contributed by atoms with Crippen LogP contribution in [0.4, 0.5) is 0 Å². The van der Waals surface area contributed by atoms with E-state index in [1.807, 2.05) is 13.0 Å². The zero-order valence-corrected chi connectivity index (χ0v) is 7.43. The minimum absolute atomic E-state index is 0. The van der Waals surface area contributed by atoms with Crippen LogP contribution < -0.4 is 51.4 Å². The van der Waals surface area contributed by atoms with Gasteiger partial charge in [0.1, 0.15) is 0 Å². The molecule has 0 nitrogen and oxygen atoms in total. The Bertz CT molecular complexity index is 45.9. The molecule has 0 radical (unpaired) electrons. The molecule has 0 saturated heterocycles. The van der Waals surface area contributed by atoms with Crippen molar-refractivity contribution in [1.29, 1.82) is 0 Å². The predicted molar refractivity (Wildman–Crippen MR) is 23.7 cm³/mol. The smallest absolute Gasteiger partial charge is 0.293 e. The molecule has 0 heterocycles. The van der Waals surface area contributed by atoms with Crippen LogP contribution in [0, 0.1) is 6.58 Å². The fraction of sp³-hybridized carbons (Fsp3) is 0.200. The second-order valence-electron chi connectivity index (χ2n) is 0.718. The molecule has 28 valence electrons. The summed E-state index contributed by atoms with van der Waals surface area (Å²) < 4.78 is 0. The first kappa shape index (κ1) is 10.2. The van der Waals surface area contributed by atoms with Crippen LogP contribution in [-0.4, -0.2) is 0 Å². The molecule has 0 spiro atoms. The molecule has 0 aromatic carbocycles. The van der Waals surface area contributed by atoms with Crippen molar-refractivity contribution in [2.75, 3.05) is 0 Å². The minimum Gasteiger partial charge on any atom is -0.293 e. The van der Waals surface area contributed by atoms with Gasteiger partial charge < -0.3 is 0 Å². The molecule has 0 atom stereocenters. The molecule has 0 aromatic rings. The van der Waals surface area contributed by atoms with E-state index in [4.69, 9.17) is 6.58 Å². The molecular formula is C5H7K. The molecular weight excluding hydrogens is 99.2 g/mol. The third kappa shape index (κ3) is 8.93. The quantitative estimate of drug-likeness (QED) is 0.218. The Kier molecular flexibility index (Phi) is 16.0. The predicted octanol–water partition coefficient (Wildman–Crippen LogP) is -1.44. The minimum atomic E-state index is 0. The standard InChI is InChI=1S/C5H7.K/c1-3-5-4-2;/h1,3-5H,2H3;/q-1;+1/b5-4-;. The summed E-state index contributed by atoms with van der Waals surface area (Å²) in [7, 11) is 0. The Hall–Kier alpha value is 1.12. The van der Waals surface area contributed by atoms with Crippen LogP contribution in [0.1, 0.15) is 6.92 Å². The molecule has 0 fully saturated rings. The number of hydrogen-bond acceptors (Lipinski definition) is 0. The first-order chi connectivity index (χ1) is 2.41. The molecule has 0 saturated carbocycles. The normalized spacial score (nSPS) is 7.50. The third-order valence-corrected chi connectivity index (χ3v) is 0.304. The summed E-state index contributed by atoms with van der Waals surface area (Å²) in [6.45, 7) is 6.85. The van der Waals surface area contributed by atoms with Gasteiger partial charge in [-0.15, -0.1) is 0 Å². The third-order valence-electron chi connectivity index (χ3n) is 0.304. The van der Waals surface area contributed by atoms with Crippen molar-refractivity contribution in [2.45, 2.75) is 6.92 Å². The Morgan fingerprint density at radius 2 is 2.00 bits per heavy atom. The van der Waals surface area contributed by atoms with Crippen molar-refractivity contribution < 1.29 is 51.4 Å². The van der Waals surface area contributed by atoms with Crippen molar-refractivity contribution >= 4 is 0 Å². The van der Waals surface area contributed by atoms with Gasteiger partial charge >= 0.3 is 51.4 Å². The van der Waals surface area contributed by atoms with Crippen molar-refractivity contribution in [3.05, 3.63) is 24.8 Å². The van der Waals surface area contributed by atoms with E-state index < -0.39 is 0 Å². The average Bonchev–Trinajstić information content (AvgIpc) is 1.41. The zero-order valence-electron chi connectivity index (χ0n) is 4.31. The Labute approximate surface area is 81.7 Å². The van der Waals surface area contributed by atoms with Gasteiger partial charge in [-0.05, 0) is 0 Å². The molecule has 1 heteroatoms. The number of rotatable bonds is 1. The van der Waals surface area contributed by atoms with Crippen molar-refractivity contribution in [3.8, 4) is 0 Å². The first-order valence-electron chi connectivity index (χ1n) is 1.58. The molecule has 0 aliphatic carbocycles. The van der Waals surface area contributed by atoms with E-state index in [1.54, 1.807) is 6.08 Å². The van der Waals surface area contributed by atoms with Crippen molar-refractivity contribution in [2.24, 2.45) is 0 Å². The molecule has 0 amide bonds. The molecule has 0 rings (SSSR count). The van der Waals surface area contributed by atoms with Crippen LogP contribution in [0.25, 0.3) is 0 Å². The molecule has 0 aromatic heterocycles. The van der Waals surface area contributed by atoms with Gasteiger partial charge in [-0.2, -0.15) is 6.08 Å². The van der Waals surface area contributed by atoms with Gasteiger partial charge in [0, 0.05) is 0 Å². The van der Waals surface area contributed by atoms with Crippen LogP contribution >= 0.6 is 0 Å². The molecule has 0 bridgehead atoms. The first-order valence-corrected chi connectivity index (χ1v) is 1.58. The SMILES string of the molecule is [CH-]=C/C=C\C.[K+]. The molecule has 0 unspecified atom stereocenters. The summed E-state index contributed by atoms with van der Waals surface area (Å²) in [5, 5.41) is 0. The summed E-state index contributed by atoms with van der Waals surface area (Å²) in [6, 6.07) is 0. The van der Waals surface area contributed by atoms with E-state index >= 15 is 0 Å². The fourth-order valence-corrected chi connectivity index (χ4v) is 0.111. The van der Waals surface area contributed by atoms with Gasteiger partial charge in [0.25, 0.3) is 0 Å².